The van der Waals surface area contributed by atoms with Gasteiger partial charge in [-0.25, -0.2) is 4.98 Å². The first kappa shape index (κ1) is 17.8. The molecule has 0 aliphatic heterocycles. The second-order valence-electron chi connectivity index (χ2n) is 5.79. The first-order valence-electron chi connectivity index (χ1n) is 8.01. The number of nitrogens with one attached hydrogen (secondary N) is 1. The van der Waals surface area contributed by atoms with Gasteiger partial charge in [-0.3, -0.25) is 4.79 Å². The molecule has 3 rings (SSSR count). The maximum atomic E-state index is 12.7. The van der Waals surface area contributed by atoms with Crippen molar-refractivity contribution >= 4 is 28.9 Å². The molecule has 1 amide bonds. The normalized spacial score (nSPS) is 10.3. The topological polar surface area (TPSA) is 54.5 Å². The molecule has 2 aromatic carbocycles. The molecule has 0 fully saturated rings. The second kappa shape index (κ2) is 7.89. The Kier molecular flexibility index (Phi) is 5.39. The van der Waals surface area contributed by atoms with Gasteiger partial charge in [-0.05, 0) is 42.5 Å². The number of rotatable bonds is 5. The minimum absolute atomic E-state index is 0.243. The number of amides is 1. The molecule has 0 aliphatic rings. The molecule has 0 aliphatic carbocycles. The Hall–Kier alpha value is -3.05. The summed E-state index contributed by atoms with van der Waals surface area (Å²) in [7, 11) is 3.81. The number of benzene rings is 2. The molecule has 6 heteroatoms. The van der Waals surface area contributed by atoms with Crippen LogP contribution in [0.4, 0.5) is 11.4 Å². The molecular formula is C20H18ClN3O2. The number of halogens is 1. The van der Waals surface area contributed by atoms with Crippen LogP contribution in [0, 0.1) is 0 Å². The summed E-state index contributed by atoms with van der Waals surface area (Å²) in [6.07, 6.45) is 1.58. The lowest BCUT2D eigenvalue weighted by Crippen LogP contribution is -2.14. The van der Waals surface area contributed by atoms with E-state index in [1.165, 1.54) is 0 Å². The van der Waals surface area contributed by atoms with E-state index in [1.54, 1.807) is 42.6 Å². The van der Waals surface area contributed by atoms with Gasteiger partial charge in [-0.2, -0.15) is 0 Å². The fourth-order valence-corrected chi connectivity index (χ4v) is 2.74. The zero-order valence-electron chi connectivity index (χ0n) is 14.4. The first-order valence-corrected chi connectivity index (χ1v) is 8.38. The average molecular weight is 368 g/mol. The number of aromatic nitrogens is 1. The molecule has 3 aromatic rings. The van der Waals surface area contributed by atoms with Crippen molar-refractivity contribution in [2.24, 2.45) is 0 Å². The highest BCUT2D eigenvalue weighted by Gasteiger charge is 2.15. The second-order valence-corrected chi connectivity index (χ2v) is 6.19. The third-order valence-corrected chi connectivity index (χ3v) is 3.96. The highest BCUT2D eigenvalue weighted by atomic mass is 35.5. The Morgan fingerprint density at radius 3 is 2.54 bits per heavy atom. The van der Waals surface area contributed by atoms with E-state index in [4.69, 9.17) is 16.3 Å². The molecule has 26 heavy (non-hydrogen) atoms. The monoisotopic (exact) mass is 367 g/mol. The predicted octanol–water partition coefficient (Wildman–Crippen LogP) is 4.85. The van der Waals surface area contributed by atoms with E-state index in [1.807, 2.05) is 43.3 Å². The summed E-state index contributed by atoms with van der Waals surface area (Å²) in [6.45, 7) is 0. The standard InChI is InChI=1S/C20H18ClN3O2/c1-24(2)18-11-10-14(13-17(18)21)23-19(25)16-9-6-12-22-20(16)26-15-7-4-3-5-8-15/h3-13H,1-2H3,(H,23,25). The van der Waals surface area contributed by atoms with Crippen molar-refractivity contribution in [1.29, 1.82) is 0 Å². The molecule has 132 valence electrons. The minimum atomic E-state index is -0.322. The Labute approximate surface area is 157 Å². The summed E-state index contributed by atoms with van der Waals surface area (Å²) in [6, 6.07) is 17.9. The Morgan fingerprint density at radius 1 is 1.08 bits per heavy atom. The van der Waals surface area contributed by atoms with Crippen molar-refractivity contribution in [3.8, 4) is 11.6 Å². The number of anilines is 2. The number of pyridine rings is 1. The number of carbonyl (C=O) groups is 1. The largest absolute Gasteiger partial charge is 0.438 e. The van der Waals surface area contributed by atoms with Crippen molar-refractivity contribution in [1.82, 2.24) is 4.98 Å². The molecule has 0 saturated carbocycles. The quantitative estimate of drug-likeness (QED) is 0.700. The highest BCUT2D eigenvalue weighted by Crippen LogP contribution is 2.28. The molecular weight excluding hydrogens is 350 g/mol. The fraction of sp³-hybridized carbons (Fsp3) is 0.100. The highest BCUT2D eigenvalue weighted by molar-refractivity contribution is 6.33. The summed E-state index contributed by atoms with van der Waals surface area (Å²) in [5.41, 5.74) is 1.81. The van der Waals surface area contributed by atoms with E-state index in [0.717, 1.165) is 5.69 Å². The lowest BCUT2D eigenvalue weighted by molar-refractivity contribution is 0.102. The van der Waals surface area contributed by atoms with Gasteiger partial charge in [-0.1, -0.05) is 29.8 Å². The van der Waals surface area contributed by atoms with Crippen molar-refractivity contribution < 1.29 is 9.53 Å². The van der Waals surface area contributed by atoms with Crippen LogP contribution in [0.15, 0.2) is 66.9 Å². The summed E-state index contributed by atoms with van der Waals surface area (Å²) in [4.78, 5) is 18.7. The van der Waals surface area contributed by atoms with Crippen molar-refractivity contribution in [3.05, 3.63) is 77.4 Å². The van der Waals surface area contributed by atoms with Crippen LogP contribution in [0.5, 0.6) is 11.6 Å². The van der Waals surface area contributed by atoms with Crippen LogP contribution in [-0.2, 0) is 0 Å². The predicted molar refractivity (Wildman–Crippen MR) is 104 cm³/mol. The third kappa shape index (κ3) is 4.13. The number of hydrogen-bond donors (Lipinski definition) is 1. The Morgan fingerprint density at radius 2 is 1.85 bits per heavy atom. The smallest absolute Gasteiger partial charge is 0.261 e. The summed E-state index contributed by atoms with van der Waals surface area (Å²) in [5, 5.41) is 3.38. The van der Waals surface area contributed by atoms with Gasteiger partial charge >= 0.3 is 0 Å². The zero-order valence-corrected chi connectivity index (χ0v) is 15.2. The summed E-state index contributed by atoms with van der Waals surface area (Å²) < 4.78 is 5.74. The van der Waals surface area contributed by atoms with Crippen LogP contribution in [0.1, 0.15) is 10.4 Å². The number of nitrogens with zero attached hydrogens (tertiary/aromatic N) is 2. The Bertz CT molecular complexity index is 914. The lowest BCUT2D eigenvalue weighted by atomic mass is 10.2. The van der Waals surface area contributed by atoms with Crippen LogP contribution in [0.3, 0.4) is 0 Å². The summed E-state index contributed by atoms with van der Waals surface area (Å²) >= 11 is 6.26. The number of ether oxygens (including phenoxy) is 1. The van der Waals surface area contributed by atoms with Gasteiger partial charge in [0, 0.05) is 26.0 Å². The van der Waals surface area contributed by atoms with Gasteiger partial charge in [0.05, 0.1) is 10.7 Å². The van der Waals surface area contributed by atoms with Gasteiger partial charge < -0.3 is 15.0 Å². The van der Waals surface area contributed by atoms with E-state index in [0.29, 0.717) is 22.0 Å². The SMILES string of the molecule is CN(C)c1ccc(NC(=O)c2cccnc2Oc2ccccc2)cc1Cl. The minimum Gasteiger partial charge on any atom is -0.438 e. The maximum Gasteiger partial charge on any atom is 0.261 e. The molecule has 0 radical (unpaired) electrons. The van der Waals surface area contributed by atoms with Crippen molar-refractivity contribution in [3.63, 3.8) is 0 Å². The van der Waals surface area contributed by atoms with E-state index < -0.39 is 0 Å². The number of para-hydroxylation sites is 1. The maximum absolute atomic E-state index is 12.7. The molecule has 0 spiro atoms. The van der Waals surface area contributed by atoms with Gasteiger partial charge in [0.2, 0.25) is 5.88 Å². The van der Waals surface area contributed by atoms with E-state index in [9.17, 15) is 4.79 Å². The molecule has 0 bridgehead atoms. The Balaban J connectivity index is 1.81. The first-order chi connectivity index (χ1) is 12.5. The van der Waals surface area contributed by atoms with Crippen LogP contribution < -0.4 is 15.0 Å². The third-order valence-electron chi connectivity index (χ3n) is 3.66. The average Bonchev–Trinajstić information content (AvgIpc) is 2.62. The van der Waals surface area contributed by atoms with E-state index in [2.05, 4.69) is 10.3 Å². The van der Waals surface area contributed by atoms with Crippen LogP contribution in [0.2, 0.25) is 5.02 Å². The molecule has 0 saturated heterocycles. The number of hydrogen-bond acceptors (Lipinski definition) is 4. The van der Waals surface area contributed by atoms with E-state index in [-0.39, 0.29) is 11.8 Å². The summed E-state index contributed by atoms with van der Waals surface area (Å²) in [5.74, 6) is 0.531. The molecule has 1 heterocycles. The van der Waals surface area contributed by atoms with Gasteiger partial charge in [0.1, 0.15) is 11.3 Å². The molecule has 1 N–H and O–H groups in total. The fourth-order valence-electron chi connectivity index (χ4n) is 2.39. The van der Waals surface area contributed by atoms with Crippen molar-refractivity contribution in [2.45, 2.75) is 0 Å². The zero-order chi connectivity index (χ0) is 18.5. The lowest BCUT2D eigenvalue weighted by Gasteiger charge is -2.15. The van der Waals surface area contributed by atoms with Crippen LogP contribution in [-0.4, -0.2) is 25.0 Å². The van der Waals surface area contributed by atoms with Gasteiger partial charge in [0.15, 0.2) is 0 Å². The van der Waals surface area contributed by atoms with Crippen molar-refractivity contribution in [2.75, 3.05) is 24.3 Å². The molecule has 1 aromatic heterocycles. The van der Waals surface area contributed by atoms with Crippen LogP contribution in [0.25, 0.3) is 0 Å². The van der Waals surface area contributed by atoms with Crippen LogP contribution >= 0.6 is 11.6 Å². The molecule has 0 unspecified atom stereocenters. The molecule has 0 atom stereocenters. The van der Waals surface area contributed by atoms with Gasteiger partial charge in [-0.15, -0.1) is 0 Å². The molecule has 5 nitrogen and oxygen atoms in total. The van der Waals surface area contributed by atoms with E-state index >= 15 is 0 Å². The van der Waals surface area contributed by atoms with Gasteiger partial charge in [0.25, 0.3) is 5.91 Å². The number of carbonyl (C=O) groups excluding carboxylic acids is 1.